The predicted octanol–water partition coefficient (Wildman–Crippen LogP) is 5.48. The van der Waals surface area contributed by atoms with E-state index in [0.717, 1.165) is 27.8 Å². The van der Waals surface area contributed by atoms with Gasteiger partial charge in [-0.2, -0.15) is 0 Å². The first-order chi connectivity index (χ1) is 13.8. The summed E-state index contributed by atoms with van der Waals surface area (Å²) in [5, 5.41) is 2.22. The summed E-state index contributed by atoms with van der Waals surface area (Å²) in [4.78, 5) is 19.1. The maximum absolute atomic E-state index is 12.9. The number of aryl methyl sites for hydroxylation is 1. The van der Waals surface area contributed by atoms with Crippen LogP contribution in [0.3, 0.4) is 0 Å². The number of hydrogen-bond donors (Lipinski definition) is 0. The van der Waals surface area contributed by atoms with Crippen LogP contribution in [0.2, 0.25) is 0 Å². The van der Waals surface area contributed by atoms with E-state index in [9.17, 15) is 4.79 Å². The molecule has 4 aromatic rings. The Labute approximate surface area is 164 Å². The van der Waals surface area contributed by atoms with Crippen LogP contribution in [0.4, 0.5) is 5.69 Å². The highest BCUT2D eigenvalue weighted by Gasteiger charge is 2.17. The molecule has 0 N–H and O–H groups in total. The van der Waals surface area contributed by atoms with Gasteiger partial charge >= 0.3 is 0 Å². The van der Waals surface area contributed by atoms with Gasteiger partial charge in [0.2, 0.25) is 5.91 Å². The molecule has 0 aliphatic carbocycles. The van der Waals surface area contributed by atoms with Crippen LogP contribution >= 0.6 is 0 Å². The molecule has 0 saturated heterocycles. The average molecular weight is 370 g/mol. The number of carbonyl (C=O) groups is 1. The van der Waals surface area contributed by atoms with Crippen molar-refractivity contribution in [2.75, 3.05) is 11.4 Å². The van der Waals surface area contributed by atoms with E-state index in [-0.39, 0.29) is 5.91 Å². The highest BCUT2D eigenvalue weighted by atomic mass is 16.4. The Kier molecular flexibility index (Phi) is 5.20. The SMILES string of the molecule is CCN(C(=O)CCc1ncc(-c2ccccc2)o1)c1cccc2ccccc12. The lowest BCUT2D eigenvalue weighted by Crippen LogP contribution is -2.31. The summed E-state index contributed by atoms with van der Waals surface area (Å²) in [7, 11) is 0. The van der Waals surface area contributed by atoms with Gasteiger partial charge in [0.15, 0.2) is 11.7 Å². The van der Waals surface area contributed by atoms with Crippen molar-refractivity contribution in [3.05, 3.63) is 84.9 Å². The van der Waals surface area contributed by atoms with Crippen molar-refractivity contribution >= 4 is 22.4 Å². The molecule has 1 aromatic heterocycles. The fourth-order valence-corrected chi connectivity index (χ4v) is 3.44. The summed E-state index contributed by atoms with van der Waals surface area (Å²) in [5.74, 6) is 1.38. The summed E-state index contributed by atoms with van der Waals surface area (Å²) in [6.07, 6.45) is 2.55. The molecule has 0 saturated carbocycles. The zero-order valence-corrected chi connectivity index (χ0v) is 15.8. The first-order valence-corrected chi connectivity index (χ1v) is 9.54. The number of aromatic nitrogens is 1. The molecule has 1 amide bonds. The van der Waals surface area contributed by atoms with E-state index < -0.39 is 0 Å². The van der Waals surface area contributed by atoms with Crippen LogP contribution in [-0.2, 0) is 11.2 Å². The van der Waals surface area contributed by atoms with Crippen LogP contribution in [0.5, 0.6) is 0 Å². The van der Waals surface area contributed by atoms with Gasteiger partial charge in [0.25, 0.3) is 0 Å². The van der Waals surface area contributed by atoms with E-state index in [4.69, 9.17) is 4.42 Å². The summed E-state index contributed by atoms with van der Waals surface area (Å²) in [6, 6.07) is 24.0. The number of hydrogen-bond acceptors (Lipinski definition) is 3. The monoisotopic (exact) mass is 370 g/mol. The van der Waals surface area contributed by atoms with E-state index >= 15 is 0 Å². The molecule has 28 heavy (non-hydrogen) atoms. The maximum Gasteiger partial charge on any atom is 0.227 e. The molecular formula is C24H22N2O2. The van der Waals surface area contributed by atoms with Gasteiger partial charge in [0.05, 0.1) is 11.9 Å². The molecule has 4 rings (SSSR count). The second kappa shape index (κ2) is 8.09. The molecule has 140 valence electrons. The second-order valence-electron chi connectivity index (χ2n) is 6.62. The zero-order chi connectivity index (χ0) is 19.3. The summed E-state index contributed by atoms with van der Waals surface area (Å²) in [5.41, 5.74) is 1.93. The second-order valence-corrected chi connectivity index (χ2v) is 6.62. The molecule has 0 radical (unpaired) electrons. The van der Waals surface area contributed by atoms with E-state index in [2.05, 4.69) is 23.2 Å². The molecule has 1 heterocycles. The Morgan fingerprint density at radius 2 is 1.71 bits per heavy atom. The molecule has 4 heteroatoms. The number of benzene rings is 3. The van der Waals surface area contributed by atoms with Gasteiger partial charge in [0, 0.05) is 30.3 Å². The van der Waals surface area contributed by atoms with Crippen LogP contribution in [0.25, 0.3) is 22.1 Å². The van der Waals surface area contributed by atoms with Gasteiger partial charge in [-0.15, -0.1) is 0 Å². The molecular weight excluding hydrogens is 348 g/mol. The molecule has 0 unspecified atom stereocenters. The fraction of sp³-hybridized carbons (Fsp3) is 0.167. The van der Waals surface area contributed by atoms with Crippen molar-refractivity contribution < 1.29 is 9.21 Å². The zero-order valence-electron chi connectivity index (χ0n) is 15.8. The summed E-state index contributed by atoms with van der Waals surface area (Å²) in [6.45, 7) is 2.62. The molecule has 0 fully saturated rings. The largest absolute Gasteiger partial charge is 0.441 e. The lowest BCUT2D eigenvalue weighted by molar-refractivity contribution is -0.118. The highest BCUT2D eigenvalue weighted by molar-refractivity contribution is 6.03. The van der Waals surface area contributed by atoms with Gasteiger partial charge in [-0.1, -0.05) is 66.7 Å². The maximum atomic E-state index is 12.9. The Hall–Kier alpha value is -3.40. The molecule has 0 bridgehead atoms. The molecule has 0 spiro atoms. The molecule has 0 aliphatic rings. The van der Waals surface area contributed by atoms with Gasteiger partial charge in [-0.3, -0.25) is 4.79 Å². The van der Waals surface area contributed by atoms with Crippen LogP contribution in [0, 0.1) is 0 Å². The Morgan fingerprint density at radius 3 is 2.54 bits per heavy atom. The third-order valence-electron chi connectivity index (χ3n) is 4.84. The smallest absolute Gasteiger partial charge is 0.227 e. The fourth-order valence-electron chi connectivity index (χ4n) is 3.44. The Balaban J connectivity index is 1.49. The van der Waals surface area contributed by atoms with Crippen molar-refractivity contribution in [1.82, 2.24) is 4.98 Å². The van der Waals surface area contributed by atoms with Crippen LogP contribution < -0.4 is 4.90 Å². The lowest BCUT2D eigenvalue weighted by atomic mass is 10.1. The van der Waals surface area contributed by atoms with Gasteiger partial charge in [-0.05, 0) is 18.4 Å². The first-order valence-electron chi connectivity index (χ1n) is 9.54. The minimum atomic E-state index is 0.0679. The first kappa shape index (κ1) is 18.0. The highest BCUT2D eigenvalue weighted by Crippen LogP contribution is 2.27. The van der Waals surface area contributed by atoms with Gasteiger partial charge < -0.3 is 9.32 Å². The van der Waals surface area contributed by atoms with Crippen LogP contribution in [-0.4, -0.2) is 17.4 Å². The van der Waals surface area contributed by atoms with Crippen LogP contribution in [0.15, 0.2) is 83.4 Å². The number of fused-ring (bicyclic) bond motifs is 1. The number of amides is 1. The number of carbonyl (C=O) groups excluding carboxylic acids is 1. The summed E-state index contributed by atoms with van der Waals surface area (Å²) >= 11 is 0. The number of oxazole rings is 1. The Morgan fingerprint density at radius 1 is 0.964 bits per heavy atom. The summed E-state index contributed by atoms with van der Waals surface area (Å²) < 4.78 is 5.83. The quantitative estimate of drug-likeness (QED) is 0.451. The van der Waals surface area contributed by atoms with Gasteiger partial charge in [-0.25, -0.2) is 4.98 Å². The third kappa shape index (κ3) is 3.67. The topological polar surface area (TPSA) is 46.3 Å². The van der Waals surface area contributed by atoms with E-state index in [0.29, 0.717) is 25.3 Å². The van der Waals surface area contributed by atoms with Crippen molar-refractivity contribution in [3.63, 3.8) is 0 Å². The van der Waals surface area contributed by atoms with E-state index in [1.165, 1.54) is 0 Å². The molecule has 4 nitrogen and oxygen atoms in total. The van der Waals surface area contributed by atoms with Crippen molar-refractivity contribution in [2.45, 2.75) is 19.8 Å². The standard InChI is InChI=1S/C24H22N2O2/c1-2-26(21-14-8-12-18-9-6-7-13-20(18)21)24(27)16-15-23-25-17-22(28-23)19-10-4-3-5-11-19/h3-14,17H,2,15-16H2,1H3. The predicted molar refractivity (Wildman–Crippen MR) is 112 cm³/mol. The normalized spacial score (nSPS) is 10.9. The van der Waals surface area contributed by atoms with Gasteiger partial charge in [0.1, 0.15) is 0 Å². The van der Waals surface area contributed by atoms with E-state index in [1.54, 1.807) is 6.20 Å². The third-order valence-corrected chi connectivity index (χ3v) is 4.84. The van der Waals surface area contributed by atoms with Crippen LogP contribution in [0.1, 0.15) is 19.2 Å². The average Bonchev–Trinajstić information content (AvgIpc) is 3.23. The van der Waals surface area contributed by atoms with E-state index in [1.807, 2.05) is 66.4 Å². The van der Waals surface area contributed by atoms with Crippen molar-refractivity contribution in [1.29, 1.82) is 0 Å². The molecule has 3 aromatic carbocycles. The lowest BCUT2D eigenvalue weighted by Gasteiger charge is -2.22. The Bertz CT molecular complexity index is 1080. The minimum absolute atomic E-state index is 0.0679. The molecule has 0 atom stereocenters. The van der Waals surface area contributed by atoms with Crippen molar-refractivity contribution in [2.24, 2.45) is 0 Å². The molecule has 0 aliphatic heterocycles. The van der Waals surface area contributed by atoms with Crippen molar-refractivity contribution in [3.8, 4) is 11.3 Å². The minimum Gasteiger partial charge on any atom is -0.441 e. The number of anilines is 1. The number of nitrogens with zero attached hydrogens (tertiary/aromatic N) is 2. The number of rotatable bonds is 6.